The summed E-state index contributed by atoms with van der Waals surface area (Å²) in [4.78, 5) is 0. The van der Waals surface area contributed by atoms with Crippen molar-refractivity contribution in [3.63, 3.8) is 0 Å². The highest BCUT2D eigenvalue weighted by molar-refractivity contribution is 4.90. The third-order valence-electron chi connectivity index (χ3n) is 1.79. The van der Waals surface area contributed by atoms with Gasteiger partial charge in [0.1, 0.15) is 0 Å². The quantitative estimate of drug-likeness (QED) is 0.536. The van der Waals surface area contributed by atoms with Gasteiger partial charge in [0.05, 0.1) is 13.2 Å². The van der Waals surface area contributed by atoms with Gasteiger partial charge in [-0.3, -0.25) is 0 Å². The second kappa shape index (κ2) is 5.22. The number of alkyl halides is 6. The van der Waals surface area contributed by atoms with Crippen molar-refractivity contribution in [2.75, 3.05) is 19.8 Å². The lowest BCUT2D eigenvalue weighted by molar-refractivity contribution is -0.378. The van der Waals surface area contributed by atoms with Gasteiger partial charge in [0.15, 0.2) is 0 Å². The molecule has 0 aromatic carbocycles. The molecule has 0 aliphatic heterocycles. The van der Waals surface area contributed by atoms with Crippen molar-refractivity contribution in [3.8, 4) is 0 Å². The largest absolute Gasteiger partial charge is 0.430 e. The predicted octanol–water partition coefficient (Wildman–Crippen LogP) is 2.92. The number of halogens is 6. The van der Waals surface area contributed by atoms with Gasteiger partial charge in [-0.25, -0.2) is 4.39 Å². The van der Waals surface area contributed by atoms with Gasteiger partial charge in [0.2, 0.25) is 0 Å². The Kier molecular flexibility index (Phi) is 5.06. The highest BCUT2D eigenvalue weighted by Gasteiger charge is 2.69. The molecule has 0 fully saturated rings. The van der Waals surface area contributed by atoms with E-state index >= 15 is 0 Å². The molecule has 0 N–H and O–H groups in total. The zero-order chi connectivity index (χ0) is 13.0. The Balaban J connectivity index is 4.41. The summed E-state index contributed by atoms with van der Waals surface area (Å²) >= 11 is 0. The summed E-state index contributed by atoms with van der Waals surface area (Å²) in [5, 5.41) is 0. The van der Waals surface area contributed by atoms with Crippen LogP contribution in [0.2, 0.25) is 0 Å². The monoisotopic (exact) mass is 254 g/mol. The van der Waals surface area contributed by atoms with Crippen molar-refractivity contribution in [1.82, 2.24) is 0 Å². The van der Waals surface area contributed by atoms with E-state index < -0.39 is 24.6 Å². The van der Waals surface area contributed by atoms with E-state index in [1.165, 1.54) is 0 Å². The third kappa shape index (κ3) is 3.51. The molecule has 1 atom stereocenters. The minimum Gasteiger partial charge on any atom is -0.379 e. The second-order valence-electron chi connectivity index (χ2n) is 3.06. The Morgan fingerprint density at radius 1 is 0.938 bits per heavy atom. The Morgan fingerprint density at radius 3 is 1.81 bits per heavy atom. The fourth-order valence-electron chi connectivity index (χ4n) is 0.674. The van der Waals surface area contributed by atoms with Gasteiger partial charge < -0.3 is 9.47 Å². The van der Waals surface area contributed by atoms with Crippen LogP contribution in [0.4, 0.5) is 26.3 Å². The van der Waals surface area contributed by atoms with Crippen LogP contribution in [0, 0.1) is 0 Å². The summed E-state index contributed by atoms with van der Waals surface area (Å²) in [6, 6.07) is 0. The molecule has 0 aliphatic carbocycles. The van der Waals surface area contributed by atoms with E-state index in [1.54, 1.807) is 6.92 Å². The van der Waals surface area contributed by atoms with Crippen LogP contribution in [0.1, 0.15) is 13.8 Å². The van der Waals surface area contributed by atoms with Crippen molar-refractivity contribution < 1.29 is 35.8 Å². The molecule has 0 saturated carbocycles. The smallest absolute Gasteiger partial charge is 0.379 e. The molecule has 0 bridgehead atoms. The molecule has 0 aromatic rings. The fraction of sp³-hybridized carbons (Fsp3) is 1.00. The van der Waals surface area contributed by atoms with E-state index in [0.717, 1.165) is 0 Å². The highest BCUT2D eigenvalue weighted by atomic mass is 19.4. The number of hydrogen-bond donors (Lipinski definition) is 0. The lowest BCUT2D eigenvalue weighted by Crippen LogP contribution is -2.54. The van der Waals surface area contributed by atoms with Crippen LogP contribution >= 0.6 is 0 Å². The summed E-state index contributed by atoms with van der Waals surface area (Å²) in [5.74, 6) is 0. The number of hydrogen-bond acceptors (Lipinski definition) is 2. The van der Waals surface area contributed by atoms with Crippen molar-refractivity contribution >= 4 is 0 Å². The van der Waals surface area contributed by atoms with Gasteiger partial charge in [-0.1, -0.05) is 0 Å². The van der Waals surface area contributed by atoms with Gasteiger partial charge in [-0.15, -0.1) is 0 Å². The van der Waals surface area contributed by atoms with E-state index in [-0.39, 0.29) is 20.1 Å². The zero-order valence-electron chi connectivity index (χ0n) is 8.71. The Hall–Kier alpha value is -0.500. The Morgan fingerprint density at radius 2 is 1.44 bits per heavy atom. The first-order valence-corrected chi connectivity index (χ1v) is 4.41. The topological polar surface area (TPSA) is 18.5 Å². The van der Waals surface area contributed by atoms with Crippen molar-refractivity contribution in [1.29, 1.82) is 0 Å². The molecule has 0 radical (unpaired) electrons. The van der Waals surface area contributed by atoms with Gasteiger partial charge in [-0.05, 0) is 13.8 Å². The molecule has 0 heterocycles. The standard InChI is InChI=1S/C8H12F6O2/c1-3-15-4-5-16-8(13,14)6(2,9)7(10,11)12/h3-5H2,1-2H3. The van der Waals surface area contributed by atoms with Crippen LogP contribution in [-0.4, -0.2) is 37.8 Å². The molecule has 1 unspecified atom stereocenters. The molecule has 98 valence electrons. The molecule has 0 rings (SSSR count). The normalized spacial score (nSPS) is 17.2. The molecule has 8 heteroatoms. The van der Waals surface area contributed by atoms with Crippen LogP contribution in [0.25, 0.3) is 0 Å². The minimum atomic E-state index is -5.71. The summed E-state index contributed by atoms with van der Waals surface area (Å²) in [6.45, 7) is 0.332. The van der Waals surface area contributed by atoms with E-state index in [2.05, 4.69) is 9.47 Å². The lowest BCUT2D eigenvalue weighted by Gasteiger charge is -2.31. The van der Waals surface area contributed by atoms with E-state index in [0.29, 0.717) is 0 Å². The molecule has 0 spiro atoms. The number of ether oxygens (including phenoxy) is 2. The second-order valence-corrected chi connectivity index (χ2v) is 3.06. The summed E-state index contributed by atoms with van der Waals surface area (Å²) in [5.41, 5.74) is -4.73. The molecule has 0 aromatic heterocycles. The van der Waals surface area contributed by atoms with Crippen molar-refractivity contribution in [2.24, 2.45) is 0 Å². The third-order valence-corrected chi connectivity index (χ3v) is 1.79. The van der Waals surface area contributed by atoms with Gasteiger partial charge in [-0.2, -0.15) is 22.0 Å². The maximum Gasteiger partial charge on any atom is 0.430 e. The molecule has 16 heavy (non-hydrogen) atoms. The zero-order valence-corrected chi connectivity index (χ0v) is 8.71. The van der Waals surface area contributed by atoms with E-state index in [1.807, 2.05) is 0 Å². The summed E-state index contributed by atoms with van der Waals surface area (Å²) in [6.07, 6.45) is -10.6. The van der Waals surface area contributed by atoms with Crippen molar-refractivity contribution in [2.45, 2.75) is 31.8 Å². The minimum absolute atomic E-state index is 0.196. The van der Waals surface area contributed by atoms with Gasteiger partial charge in [0.25, 0.3) is 5.67 Å². The Bertz CT molecular complexity index is 213. The first-order valence-electron chi connectivity index (χ1n) is 4.41. The average molecular weight is 254 g/mol. The number of rotatable bonds is 6. The van der Waals surface area contributed by atoms with Crippen LogP contribution in [0.3, 0.4) is 0 Å². The van der Waals surface area contributed by atoms with Gasteiger partial charge >= 0.3 is 12.3 Å². The lowest BCUT2D eigenvalue weighted by atomic mass is 10.1. The Labute approximate surface area is 88.5 Å². The average Bonchev–Trinajstić information content (AvgIpc) is 2.10. The molecule has 0 amide bonds. The van der Waals surface area contributed by atoms with Crippen molar-refractivity contribution in [3.05, 3.63) is 0 Å². The SMILES string of the molecule is CCOCCOC(F)(F)C(C)(F)C(F)(F)F. The molecule has 0 aliphatic rings. The van der Waals surface area contributed by atoms with Crippen LogP contribution in [0.15, 0.2) is 0 Å². The predicted molar refractivity (Wildman–Crippen MR) is 43.0 cm³/mol. The molecule has 2 nitrogen and oxygen atoms in total. The van der Waals surface area contributed by atoms with E-state index in [4.69, 9.17) is 0 Å². The van der Waals surface area contributed by atoms with Gasteiger partial charge in [0, 0.05) is 6.61 Å². The molecular formula is C8H12F6O2. The first-order chi connectivity index (χ1) is 7.06. The molecular weight excluding hydrogens is 242 g/mol. The summed E-state index contributed by atoms with van der Waals surface area (Å²) < 4.78 is 82.3. The van der Waals surface area contributed by atoms with Crippen LogP contribution < -0.4 is 0 Å². The molecule has 0 saturated heterocycles. The summed E-state index contributed by atoms with van der Waals surface area (Å²) in [7, 11) is 0. The maximum absolute atomic E-state index is 12.8. The van der Waals surface area contributed by atoms with Crippen LogP contribution in [-0.2, 0) is 9.47 Å². The fourth-order valence-corrected chi connectivity index (χ4v) is 0.674. The van der Waals surface area contributed by atoms with E-state index in [9.17, 15) is 26.3 Å². The maximum atomic E-state index is 12.8. The highest BCUT2D eigenvalue weighted by Crippen LogP contribution is 2.45. The first kappa shape index (κ1) is 15.5. The van der Waals surface area contributed by atoms with Crippen LogP contribution in [0.5, 0.6) is 0 Å².